The molecule has 2 aromatic rings. The first-order chi connectivity index (χ1) is 10.8. The molecular formula is C17H15NO4. The third-order valence-electron chi connectivity index (χ3n) is 4.05. The number of hydrogen-bond donors (Lipinski definition) is 0. The second kappa shape index (κ2) is 4.94. The zero-order valence-electron chi connectivity index (χ0n) is 12.2. The van der Waals surface area contributed by atoms with Crippen LogP contribution in [0.25, 0.3) is 0 Å². The molecule has 0 unspecified atom stereocenters. The van der Waals surface area contributed by atoms with Gasteiger partial charge in [-0.25, -0.2) is 0 Å². The highest BCUT2D eigenvalue weighted by molar-refractivity contribution is 6.07. The van der Waals surface area contributed by atoms with Gasteiger partial charge in [0.25, 0.3) is 5.91 Å². The molecule has 2 aromatic carbocycles. The molecule has 2 heterocycles. The first kappa shape index (κ1) is 13.0. The minimum absolute atomic E-state index is 0.0257. The molecule has 0 bridgehead atoms. The van der Waals surface area contributed by atoms with Gasteiger partial charge in [0, 0.05) is 17.8 Å². The van der Waals surface area contributed by atoms with Crippen molar-refractivity contribution in [2.45, 2.75) is 6.42 Å². The molecule has 0 N–H and O–H groups in total. The number of methoxy groups -OCH3 is 1. The lowest BCUT2D eigenvalue weighted by atomic mass is 10.1. The Labute approximate surface area is 128 Å². The van der Waals surface area contributed by atoms with E-state index in [-0.39, 0.29) is 12.7 Å². The lowest BCUT2D eigenvalue weighted by molar-refractivity contribution is 0.0989. The van der Waals surface area contributed by atoms with E-state index < -0.39 is 0 Å². The predicted octanol–water partition coefficient (Wildman–Crippen LogP) is 2.63. The summed E-state index contributed by atoms with van der Waals surface area (Å²) in [7, 11) is 1.65. The van der Waals surface area contributed by atoms with Crippen LogP contribution in [0.2, 0.25) is 0 Å². The number of fused-ring (bicyclic) bond motifs is 2. The van der Waals surface area contributed by atoms with Crippen LogP contribution in [0.1, 0.15) is 15.9 Å². The first-order valence-electron chi connectivity index (χ1n) is 7.15. The summed E-state index contributed by atoms with van der Waals surface area (Å²) >= 11 is 0. The minimum Gasteiger partial charge on any atom is -0.497 e. The van der Waals surface area contributed by atoms with Crippen molar-refractivity contribution >= 4 is 11.6 Å². The smallest absolute Gasteiger partial charge is 0.258 e. The molecule has 112 valence electrons. The van der Waals surface area contributed by atoms with E-state index in [1.807, 2.05) is 18.2 Å². The van der Waals surface area contributed by atoms with E-state index >= 15 is 0 Å². The zero-order chi connectivity index (χ0) is 15.1. The van der Waals surface area contributed by atoms with Gasteiger partial charge in [0.05, 0.1) is 7.11 Å². The number of amides is 1. The number of anilines is 1. The Bertz CT molecular complexity index is 756. The lowest BCUT2D eigenvalue weighted by Crippen LogP contribution is -2.28. The number of carbonyl (C=O) groups excluding carboxylic acids is 1. The molecule has 2 aliphatic rings. The van der Waals surface area contributed by atoms with Crippen LogP contribution < -0.4 is 19.1 Å². The van der Waals surface area contributed by atoms with Gasteiger partial charge < -0.3 is 19.1 Å². The Balaban J connectivity index is 1.65. The average molecular weight is 297 g/mol. The first-order valence-corrected chi connectivity index (χ1v) is 7.15. The highest BCUT2D eigenvalue weighted by Crippen LogP contribution is 2.35. The second-order valence-electron chi connectivity index (χ2n) is 5.27. The molecule has 5 heteroatoms. The SMILES string of the molecule is COc1ccc2c(c1)CCN2C(=O)c1ccc2c(c1)OCO2. The monoisotopic (exact) mass is 297 g/mol. The molecule has 0 radical (unpaired) electrons. The molecule has 0 aliphatic carbocycles. The van der Waals surface area contributed by atoms with E-state index in [2.05, 4.69) is 0 Å². The van der Waals surface area contributed by atoms with E-state index in [9.17, 15) is 4.79 Å². The third kappa shape index (κ3) is 1.97. The summed E-state index contributed by atoms with van der Waals surface area (Å²) in [5, 5.41) is 0. The number of carbonyl (C=O) groups is 1. The summed E-state index contributed by atoms with van der Waals surface area (Å²) in [6.07, 6.45) is 0.836. The topological polar surface area (TPSA) is 48.0 Å². The van der Waals surface area contributed by atoms with Crippen molar-refractivity contribution in [3.8, 4) is 17.2 Å². The van der Waals surface area contributed by atoms with Crippen LogP contribution in [0.5, 0.6) is 17.2 Å². The third-order valence-corrected chi connectivity index (χ3v) is 4.05. The molecule has 1 amide bonds. The molecule has 0 atom stereocenters. The van der Waals surface area contributed by atoms with Gasteiger partial charge >= 0.3 is 0 Å². The van der Waals surface area contributed by atoms with Crippen LogP contribution in [-0.4, -0.2) is 26.4 Å². The van der Waals surface area contributed by atoms with Crippen molar-refractivity contribution in [2.24, 2.45) is 0 Å². The van der Waals surface area contributed by atoms with Crippen molar-refractivity contribution in [2.75, 3.05) is 25.3 Å². The van der Waals surface area contributed by atoms with Crippen molar-refractivity contribution in [3.05, 3.63) is 47.5 Å². The van der Waals surface area contributed by atoms with Crippen LogP contribution in [0.4, 0.5) is 5.69 Å². The van der Waals surface area contributed by atoms with E-state index in [0.717, 1.165) is 23.4 Å². The van der Waals surface area contributed by atoms with Gasteiger partial charge in [0.2, 0.25) is 6.79 Å². The molecule has 2 aliphatic heterocycles. The highest BCUT2D eigenvalue weighted by atomic mass is 16.7. The highest BCUT2D eigenvalue weighted by Gasteiger charge is 2.27. The van der Waals surface area contributed by atoms with Gasteiger partial charge in [-0.2, -0.15) is 0 Å². The van der Waals surface area contributed by atoms with E-state index in [0.29, 0.717) is 23.6 Å². The van der Waals surface area contributed by atoms with E-state index in [1.54, 1.807) is 30.2 Å². The van der Waals surface area contributed by atoms with Crippen LogP contribution in [0, 0.1) is 0 Å². The van der Waals surface area contributed by atoms with Gasteiger partial charge in [0.1, 0.15) is 5.75 Å². The largest absolute Gasteiger partial charge is 0.497 e. The molecule has 0 aromatic heterocycles. The fourth-order valence-electron chi connectivity index (χ4n) is 2.90. The molecule has 0 fully saturated rings. The summed E-state index contributed by atoms with van der Waals surface area (Å²) in [6, 6.07) is 11.1. The summed E-state index contributed by atoms with van der Waals surface area (Å²) in [6.45, 7) is 0.884. The van der Waals surface area contributed by atoms with E-state index in [4.69, 9.17) is 14.2 Å². The maximum Gasteiger partial charge on any atom is 0.258 e. The number of nitrogens with zero attached hydrogens (tertiary/aromatic N) is 1. The molecular weight excluding hydrogens is 282 g/mol. The van der Waals surface area contributed by atoms with Gasteiger partial charge in [-0.3, -0.25) is 4.79 Å². The van der Waals surface area contributed by atoms with Crippen LogP contribution in [0.3, 0.4) is 0 Å². The fraction of sp³-hybridized carbons (Fsp3) is 0.235. The molecule has 0 saturated heterocycles. The van der Waals surface area contributed by atoms with Crippen LogP contribution in [-0.2, 0) is 6.42 Å². The number of hydrogen-bond acceptors (Lipinski definition) is 4. The Morgan fingerprint density at radius 2 is 2.00 bits per heavy atom. The van der Waals surface area contributed by atoms with E-state index in [1.165, 1.54) is 0 Å². The standard InChI is InChI=1S/C17H15NO4/c1-20-13-3-4-14-11(8-13)6-7-18(14)17(19)12-2-5-15-16(9-12)22-10-21-15/h2-5,8-9H,6-7,10H2,1H3. The quantitative estimate of drug-likeness (QED) is 0.855. The average Bonchev–Trinajstić information content (AvgIpc) is 3.19. The Hall–Kier alpha value is -2.69. The van der Waals surface area contributed by atoms with Gasteiger partial charge in [-0.1, -0.05) is 0 Å². The Morgan fingerprint density at radius 1 is 1.14 bits per heavy atom. The Kier molecular flexibility index (Phi) is 2.92. The lowest BCUT2D eigenvalue weighted by Gasteiger charge is -2.17. The second-order valence-corrected chi connectivity index (χ2v) is 5.27. The van der Waals surface area contributed by atoms with Crippen LogP contribution >= 0.6 is 0 Å². The molecule has 5 nitrogen and oxygen atoms in total. The normalized spacial score (nSPS) is 14.9. The van der Waals surface area contributed by atoms with Gasteiger partial charge in [-0.05, 0) is 48.4 Å². The Morgan fingerprint density at radius 3 is 2.86 bits per heavy atom. The van der Waals surface area contributed by atoms with Gasteiger partial charge in [-0.15, -0.1) is 0 Å². The number of benzene rings is 2. The molecule has 0 saturated carbocycles. The predicted molar refractivity (Wildman–Crippen MR) is 80.9 cm³/mol. The molecule has 22 heavy (non-hydrogen) atoms. The summed E-state index contributed by atoms with van der Waals surface area (Å²) < 4.78 is 15.9. The zero-order valence-corrected chi connectivity index (χ0v) is 12.2. The van der Waals surface area contributed by atoms with Crippen molar-refractivity contribution in [3.63, 3.8) is 0 Å². The fourth-order valence-corrected chi connectivity index (χ4v) is 2.90. The maximum atomic E-state index is 12.8. The summed E-state index contributed by atoms with van der Waals surface area (Å²) in [4.78, 5) is 14.6. The molecule has 4 rings (SSSR count). The maximum absolute atomic E-state index is 12.8. The minimum atomic E-state index is -0.0257. The number of ether oxygens (including phenoxy) is 3. The van der Waals surface area contributed by atoms with Crippen LogP contribution in [0.15, 0.2) is 36.4 Å². The van der Waals surface area contributed by atoms with Crippen molar-refractivity contribution in [1.29, 1.82) is 0 Å². The van der Waals surface area contributed by atoms with Crippen molar-refractivity contribution < 1.29 is 19.0 Å². The van der Waals surface area contributed by atoms with Gasteiger partial charge in [0.15, 0.2) is 11.5 Å². The molecule has 0 spiro atoms. The van der Waals surface area contributed by atoms with Crippen molar-refractivity contribution in [1.82, 2.24) is 0 Å². The summed E-state index contributed by atoms with van der Waals surface area (Å²) in [5.74, 6) is 2.10. The number of rotatable bonds is 2. The summed E-state index contributed by atoms with van der Waals surface area (Å²) in [5.41, 5.74) is 2.69.